The fraction of sp³-hybridized carbons (Fsp3) is 0.0857. The summed E-state index contributed by atoms with van der Waals surface area (Å²) in [7, 11) is 0. The predicted octanol–water partition coefficient (Wildman–Crippen LogP) is 16.1. The monoisotopic (exact) mass is 972 g/mol. The summed E-state index contributed by atoms with van der Waals surface area (Å²) in [6, 6.07) is 81.7. The summed E-state index contributed by atoms with van der Waals surface area (Å²) in [4.78, 5) is 32.0. The van der Waals surface area contributed by atoms with Crippen molar-refractivity contribution in [2.75, 3.05) is 0 Å². The first-order valence-corrected chi connectivity index (χ1v) is 26.0. The first-order valence-electron chi connectivity index (χ1n) is 26.0. The van der Waals surface area contributed by atoms with Gasteiger partial charge in [0.15, 0.2) is 34.9 Å². The number of nitrogens with zero attached hydrogens (tertiary/aromatic N) is 6. The Morgan fingerprint density at radius 1 is 0.368 bits per heavy atom. The highest BCUT2D eigenvalue weighted by Crippen LogP contribution is 2.63. The van der Waals surface area contributed by atoms with Crippen molar-refractivity contribution < 1.29 is 0 Å². The molecule has 6 nitrogen and oxygen atoms in total. The number of allylic oxidation sites excluding steroid dienone is 4. The average molecular weight is 973 g/mol. The number of hydrogen-bond acceptors (Lipinski definition) is 6. The van der Waals surface area contributed by atoms with Gasteiger partial charge in [0, 0.05) is 44.4 Å². The summed E-state index contributed by atoms with van der Waals surface area (Å²) >= 11 is 0. The van der Waals surface area contributed by atoms with E-state index < -0.39 is 5.41 Å². The van der Waals surface area contributed by atoms with Gasteiger partial charge in [0.2, 0.25) is 0 Å². The smallest absolute Gasteiger partial charge is 0.164 e. The van der Waals surface area contributed by atoms with Crippen molar-refractivity contribution in [3.05, 3.63) is 282 Å². The van der Waals surface area contributed by atoms with E-state index in [0.29, 0.717) is 34.9 Å². The van der Waals surface area contributed by atoms with Gasteiger partial charge < -0.3 is 0 Å². The molecule has 1 atom stereocenters. The minimum absolute atomic E-state index is 0.352. The molecule has 6 heteroatoms. The standard InChI is InChI=1S/C70H48N6/c1-69(2)57-33-17-19-35-59(57)70(60-36-20-18-34-58(60)69)56-43-42-51(66-72-64(49-28-13-6-14-29-49)73-67(76-66)53-31-16-15-30-52(53)47-24-9-4-10-25-47)44-55(56)62-54(32-21-37-61(62)70)68-74-63(48-26-11-5-12-27-48)71-65(75-68)50-40-38-46(39-41-50)45-22-7-3-8-23-45/h3-5,7-13,15-17,19-33,35-44H,6,14H2,1-2H3. The number of benzene rings is 8. The van der Waals surface area contributed by atoms with Gasteiger partial charge >= 0.3 is 0 Å². The van der Waals surface area contributed by atoms with E-state index in [4.69, 9.17) is 29.9 Å². The zero-order chi connectivity index (χ0) is 50.8. The Morgan fingerprint density at radius 3 is 1.62 bits per heavy atom. The average Bonchev–Trinajstić information content (AvgIpc) is 3.80. The maximum atomic E-state index is 5.44. The number of aromatic nitrogens is 6. The highest BCUT2D eigenvalue weighted by atomic mass is 15.0. The van der Waals surface area contributed by atoms with Crippen molar-refractivity contribution in [3.8, 4) is 90.3 Å². The van der Waals surface area contributed by atoms with Gasteiger partial charge in [-0.25, -0.2) is 29.9 Å². The van der Waals surface area contributed by atoms with Gasteiger partial charge in [-0.3, -0.25) is 0 Å². The van der Waals surface area contributed by atoms with Crippen molar-refractivity contribution >= 4 is 5.57 Å². The molecule has 0 saturated carbocycles. The minimum Gasteiger partial charge on any atom is -0.208 e. The SMILES string of the molecule is CC1(C)c2c#cccc2C2(c3ccc(-c4nc(C5=CCCC=C5)nc(-c5ccccc5-c5ccccc5)n4)cc3-c3c(-c4nc(-c5ccccc5)nc(-c5ccc(-c6ccccc6)cc5)n4)cccc32)c2ccccc21. The van der Waals surface area contributed by atoms with Crippen molar-refractivity contribution in [1.82, 2.24) is 29.9 Å². The van der Waals surface area contributed by atoms with Gasteiger partial charge in [0.1, 0.15) is 0 Å². The van der Waals surface area contributed by atoms with E-state index in [0.717, 1.165) is 96.3 Å². The topological polar surface area (TPSA) is 77.3 Å². The minimum atomic E-state index is -0.737. The number of rotatable bonds is 8. The molecule has 0 fully saturated rings. The molecule has 2 aromatic heterocycles. The Kier molecular flexibility index (Phi) is 10.7. The van der Waals surface area contributed by atoms with Gasteiger partial charge in [0.25, 0.3) is 0 Å². The van der Waals surface area contributed by atoms with Gasteiger partial charge in [-0.15, -0.1) is 0 Å². The van der Waals surface area contributed by atoms with Crippen molar-refractivity contribution in [2.24, 2.45) is 0 Å². The van der Waals surface area contributed by atoms with E-state index in [9.17, 15) is 0 Å². The molecule has 0 N–H and O–H groups in total. The summed E-state index contributed by atoms with van der Waals surface area (Å²) < 4.78 is 0. The Balaban J connectivity index is 1.03. The molecule has 76 heavy (non-hydrogen) atoms. The molecule has 0 radical (unpaired) electrons. The third kappa shape index (κ3) is 7.27. The highest BCUT2D eigenvalue weighted by Gasteiger charge is 2.54. The molecule has 14 rings (SSSR count). The molecule has 1 unspecified atom stereocenters. The largest absolute Gasteiger partial charge is 0.208 e. The fourth-order valence-electron chi connectivity index (χ4n) is 12.0. The molecular formula is C70H48N6. The van der Waals surface area contributed by atoms with Crippen LogP contribution in [0.2, 0.25) is 0 Å². The van der Waals surface area contributed by atoms with Crippen LogP contribution in [-0.2, 0) is 10.8 Å². The van der Waals surface area contributed by atoms with E-state index in [1.54, 1.807) is 0 Å². The van der Waals surface area contributed by atoms with Crippen LogP contribution < -0.4 is 0 Å². The third-order valence-corrected chi connectivity index (χ3v) is 15.6. The second-order valence-electron chi connectivity index (χ2n) is 20.3. The lowest BCUT2D eigenvalue weighted by atomic mass is 9.56. The Labute approximate surface area is 443 Å². The first-order chi connectivity index (χ1) is 37.4. The maximum absolute atomic E-state index is 5.44. The van der Waals surface area contributed by atoms with Gasteiger partial charge in [-0.2, -0.15) is 0 Å². The van der Waals surface area contributed by atoms with Gasteiger partial charge in [-0.1, -0.05) is 238 Å². The van der Waals surface area contributed by atoms with Crippen LogP contribution in [0.15, 0.2) is 231 Å². The van der Waals surface area contributed by atoms with Crippen LogP contribution in [0.5, 0.6) is 0 Å². The quantitative estimate of drug-likeness (QED) is 0.151. The molecule has 9 aromatic carbocycles. The second kappa shape index (κ2) is 18.1. The van der Waals surface area contributed by atoms with Crippen LogP contribution in [0.25, 0.3) is 95.9 Å². The van der Waals surface area contributed by atoms with E-state index in [-0.39, 0.29) is 5.41 Å². The Bertz CT molecular complexity index is 4070. The van der Waals surface area contributed by atoms with Crippen LogP contribution in [0.4, 0.5) is 0 Å². The van der Waals surface area contributed by atoms with Gasteiger partial charge in [0.05, 0.1) is 5.41 Å². The molecule has 3 aliphatic carbocycles. The summed E-state index contributed by atoms with van der Waals surface area (Å²) in [6.45, 7) is 4.62. The summed E-state index contributed by atoms with van der Waals surface area (Å²) in [5, 5.41) is 0. The molecule has 0 aliphatic heterocycles. The normalized spacial score (nSPS) is 14.2. The van der Waals surface area contributed by atoms with Crippen molar-refractivity contribution in [3.63, 3.8) is 0 Å². The third-order valence-electron chi connectivity index (χ3n) is 15.6. The van der Waals surface area contributed by atoms with E-state index in [1.165, 1.54) is 16.7 Å². The number of hydrogen-bond donors (Lipinski definition) is 0. The van der Waals surface area contributed by atoms with E-state index in [1.807, 2.05) is 36.4 Å². The molecule has 0 bridgehead atoms. The van der Waals surface area contributed by atoms with Crippen LogP contribution in [-0.4, -0.2) is 29.9 Å². The highest BCUT2D eigenvalue weighted by molar-refractivity contribution is 5.97. The Morgan fingerprint density at radius 2 is 0.895 bits per heavy atom. The van der Waals surface area contributed by atoms with Crippen LogP contribution >= 0.6 is 0 Å². The predicted molar refractivity (Wildman–Crippen MR) is 305 cm³/mol. The molecule has 1 spiro atoms. The lowest BCUT2D eigenvalue weighted by molar-refractivity contribution is 0.564. The lowest BCUT2D eigenvalue weighted by Gasteiger charge is -2.45. The fourth-order valence-corrected chi connectivity index (χ4v) is 12.0. The molecule has 0 amide bonds. The summed E-state index contributed by atoms with van der Waals surface area (Å²) in [5.41, 5.74) is 18.0. The Hall–Kier alpha value is -9.70. The van der Waals surface area contributed by atoms with E-state index >= 15 is 0 Å². The molecule has 3 aliphatic rings. The summed E-state index contributed by atoms with van der Waals surface area (Å²) in [6.07, 6.45) is 8.48. The zero-order valence-electron chi connectivity index (χ0n) is 42.0. The maximum Gasteiger partial charge on any atom is 0.164 e. The molecule has 0 saturated heterocycles. The zero-order valence-corrected chi connectivity index (χ0v) is 42.0. The lowest BCUT2D eigenvalue weighted by Crippen LogP contribution is -2.40. The molecule has 358 valence electrons. The summed E-state index contributed by atoms with van der Waals surface area (Å²) in [5.74, 6) is 3.62. The first kappa shape index (κ1) is 45.0. The van der Waals surface area contributed by atoms with Gasteiger partial charge in [-0.05, 0) is 92.2 Å². The molecule has 2 heterocycles. The molecule has 11 aromatic rings. The molecular weight excluding hydrogens is 925 g/mol. The van der Waals surface area contributed by atoms with Crippen LogP contribution in [0, 0.1) is 12.1 Å². The second-order valence-corrected chi connectivity index (χ2v) is 20.3. The van der Waals surface area contributed by atoms with Crippen LogP contribution in [0.3, 0.4) is 0 Å². The number of fused-ring (bicyclic) bond motifs is 9. The van der Waals surface area contributed by atoms with Crippen molar-refractivity contribution in [1.29, 1.82) is 0 Å². The van der Waals surface area contributed by atoms with Crippen LogP contribution in [0.1, 0.15) is 65.9 Å². The van der Waals surface area contributed by atoms with E-state index in [2.05, 4.69) is 220 Å². The van der Waals surface area contributed by atoms with Crippen molar-refractivity contribution in [2.45, 2.75) is 37.5 Å².